The first-order valence-electron chi connectivity index (χ1n) is 8.39. The van der Waals surface area contributed by atoms with Crippen LogP contribution in [0.15, 0.2) is 66.7 Å². The predicted molar refractivity (Wildman–Crippen MR) is 107 cm³/mol. The Morgan fingerprint density at radius 3 is 1.96 bits per heavy atom. The monoisotopic (exact) mass is 359 g/mol. The lowest BCUT2D eigenvalue weighted by atomic mass is 9.95. The summed E-state index contributed by atoms with van der Waals surface area (Å²) in [5, 5.41) is 0. The summed E-state index contributed by atoms with van der Waals surface area (Å²) in [6, 6.07) is 18.4. The third-order valence-electron chi connectivity index (χ3n) is 3.99. The highest BCUT2D eigenvalue weighted by Crippen LogP contribution is 2.25. The standard InChI is InChI=1S/C21H18BNO4/c1-13-12-18(26-20(24)15-4-8-17(23)9-5-15)10-11-19(13)27-21(25)14-2-6-16(22)7-3-14/h2-12H,22-23H2,1H3. The van der Waals surface area contributed by atoms with Gasteiger partial charge in [-0.1, -0.05) is 17.6 Å². The van der Waals surface area contributed by atoms with Gasteiger partial charge in [0.2, 0.25) is 0 Å². The van der Waals surface area contributed by atoms with Gasteiger partial charge in [0.15, 0.2) is 0 Å². The first kappa shape index (κ1) is 18.3. The fourth-order valence-corrected chi connectivity index (χ4v) is 2.43. The van der Waals surface area contributed by atoms with Crippen molar-refractivity contribution >= 4 is 30.9 Å². The Morgan fingerprint density at radius 2 is 1.37 bits per heavy atom. The van der Waals surface area contributed by atoms with Crippen LogP contribution in [0.2, 0.25) is 0 Å². The number of nitrogens with two attached hydrogens (primary N) is 1. The van der Waals surface area contributed by atoms with Crippen LogP contribution in [0.4, 0.5) is 5.69 Å². The van der Waals surface area contributed by atoms with Gasteiger partial charge in [0.05, 0.1) is 11.1 Å². The molecule has 0 aromatic heterocycles. The van der Waals surface area contributed by atoms with Gasteiger partial charge in [-0.2, -0.15) is 0 Å². The van der Waals surface area contributed by atoms with E-state index in [0.717, 1.165) is 5.46 Å². The summed E-state index contributed by atoms with van der Waals surface area (Å²) in [6.07, 6.45) is 0. The Bertz CT molecular complexity index is 982. The number of anilines is 1. The second-order valence-electron chi connectivity index (χ2n) is 6.19. The third kappa shape index (κ3) is 4.55. The van der Waals surface area contributed by atoms with Gasteiger partial charge < -0.3 is 15.2 Å². The van der Waals surface area contributed by atoms with Gasteiger partial charge in [-0.3, -0.25) is 0 Å². The van der Waals surface area contributed by atoms with E-state index in [-0.39, 0.29) is 0 Å². The molecule has 0 saturated heterocycles. The molecule has 3 aromatic carbocycles. The lowest BCUT2D eigenvalue weighted by Crippen LogP contribution is -2.12. The first-order valence-corrected chi connectivity index (χ1v) is 8.39. The fourth-order valence-electron chi connectivity index (χ4n) is 2.43. The van der Waals surface area contributed by atoms with Crippen LogP contribution in [0.3, 0.4) is 0 Å². The second-order valence-corrected chi connectivity index (χ2v) is 6.19. The molecule has 0 amide bonds. The van der Waals surface area contributed by atoms with Gasteiger partial charge in [-0.25, -0.2) is 9.59 Å². The Kier molecular flexibility index (Phi) is 5.26. The van der Waals surface area contributed by atoms with Crippen LogP contribution in [0.1, 0.15) is 26.3 Å². The summed E-state index contributed by atoms with van der Waals surface area (Å²) in [5.74, 6) is -0.152. The van der Waals surface area contributed by atoms with Gasteiger partial charge in [0.25, 0.3) is 0 Å². The summed E-state index contributed by atoms with van der Waals surface area (Å²) < 4.78 is 10.8. The van der Waals surface area contributed by atoms with Crippen molar-refractivity contribution in [1.29, 1.82) is 0 Å². The quantitative estimate of drug-likeness (QED) is 0.335. The summed E-state index contributed by atoms with van der Waals surface area (Å²) in [7, 11) is 1.95. The second kappa shape index (κ2) is 7.78. The number of ether oxygens (including phenoxy) is 2. The van der Waals surface area contributed by atoms with Crippen LogP contribution < -0.4 is 20.7 Å². The van der Waals surface area contributed by atoms with Crippen LogP contribution in [0.5, 0.6) is 11.5 Å². The molecule has 0 heterocycles. The van der Waals surface area contributed by atoms with E-state index in [2.05, 4.69) is 0 Å². The summed E-state index contributed by atoms with van der Waals surface area (Å²) in [6.45, 7) is 1.78. The molecule has 2 N–H and O–H groups in total. The number of nitrogen functional groups attached to an aromatic ring is 1. The van der Waals surface area contributed by atoms with Crippen LogP contribution in [0.25, 0.3) is 0 Å². The molecule has 134 valence electrons. The van der Waals surface area contributed by atoms with Crippen molar-refractivity contribution < 1.29 is 19.1 Å². The van der Waals surface area contributed by atoms with Crippen molar-refractivity contribution in [2.75, 3.05) is 5.73 Å². The molecule has 0 fully saturated rings. The topological polar surface area (TPSA) is 78.6 Å². The number of carbonyl (C=O) groups excluding carboxylic acids is 2. The molecule has 6 heteroatoms. The average Bonchev–Trinajstić information content (AvgIpc) is 2.65. The van der Waals surface area contributed by atoms with E-state index in [1.54, 1.807) is 61.5 Å². The Hall–Kier alpha value is -3.54. The number of aryl methyl sites for hydroxylation is 1. The molecular weight excluding hydrogens is 341 g/mol. The van der Waals surface area contributed by atoms with E-state index in [1.165, 1.54) is 0 Å². The van der Waals surface area contributed by atoms with Crippen LogP contribution >= 0.6 is 0 Å². The summed E-state index contributed by atoms with van der Waals surface area (Å²) >= 11 is 0. The lowest BCUT2D eigenvalue weighted by molar-refractivity contribution is 0.0718. The van der Waals surface area contributed by atoms with Crippen LogP contribution in [-0.4, -0.2) is 19.8 Å². The van der Waals surface area contributed by atoms with E-state index in [1.807, 2.05) is 20.0 Å². The van der Waals surface area contributed by atoms with Gasteiger partial charge in [0, 0.05) is 5.69 Å². The number of hydrogen-bond donors (Lipinski definition) is 1. The Labute approximate surface area is 158 Å². The van der Waals surface area contributed by atoms with E-state index in [0.29, 0.717) is 33.9 Å². The molecule has 5 nitrogen and oxygen atoms in total. The largest absolute Gasteiger partial charge is 0.423 e. The summed E-state index contributed by atoms with van der Waals surface area (Å²) in [5.41, 5.74) is 8.80. The number of hydrogen-bond acceptors (Lipinski definition) is 5. The van der Waals surface area contributed by atoms with Crippen LogP contribution in [0, 0.1) is 6.92 Å². The molecule has 3 aromatic rings. The van der Waals surface area contributed by atoms with Crippen LogP contribution in [-0.2, 0) is 0 Å². The van der Waals surface area contributed by atoms with E-state index >= 15 is 0 Å². The molecule has 0 radical (unpaired) electrons. The highest BCUT2D eigenvalue weighted by atomic mass is 16.5. The number of esters is 2. The molecule has 0 bridgehead atoms. The highest BCUT2D eigenvalue weighted by Gasteiger charge is 2.13. The number of benzene rings is 3. The van der Waals surface area contributed by atoms with E-state index in [9.17, 15) is 9.59 Å². The lowest BCUT2D eigenvalue weighted by Gasteiger charge is -2.10. The molecule has 0 atom stereocenters. The zero-order valence-electron chi connectivity index (χ0n) is 15.1. The Morgan fingerprint density at radius 1 is 0.815 bits per heavy atom. The summed E-state index contributed by atoms with van der Waals surface area (Å²) in [4.78, 5) is 24.4. The third-order valence-corrected chi connectivity index (χ3v) is 3.99. The number of rotatable bonds is 4. The molecule has 0 unspecified atom stereocenters. The highest BCUT2D eigenvalue weighted by molar-refractivity contribution is 6.32. The molecular formula is C21H18BNO4. The molecule has 3 rings (SSSR count). The van der Waals surface area contributed by atoms with Gasteiger partial charge in [0.1, 0.15) is 19.3 Å². The maximum absolute atomic E-state index is 12.2. The molecule has 0 aliphatic heterocycles. The first-order chi connectivity index (χ1) is 12.9. The van der Waals surface area contributed by atoms with E-state index < -0.39 is 11.9 Å². The zero-order chi connectivity index (χ0) is 19.4. The minimum atomic E-state index is -0.487. The predicted octanol–water partition coefficient (Wildman–Crippen LogP) is 2.27. The van der Waals surface area contributed by atoms with Gasteiger partial charge in [-0.15, -0.1) is 0 Å². The minimum Gasteiger partial charge on any atom is -0.423 e. The normalized spacial score (nSPS) is 10.3. The zero-order valence-corrected chi connectivity index (χ0v) is 15.1. The maximum atomic E-state index is 12.2. The molecule has 0 saturated carbocycles. The molecule has 0 aliphatic carbocycles. The minimum absolute atomic E-state index is 0.365. The maximum Gasteiger partial charge on any atom is 0.343 e. The van der Waals surface area contributed by atoms with Crippen molar-refractivity contribution in [3.63, 3.8) is 0 Å². The fraction of sp³-hybridized carbons (Fsp3) is 0.0476. The average molecular weight is 359 g/mol. The van der Waals surface area contributed by atoms with Crippen molar-refractivity contribution in [3.8, 4) is 11.5 Å². The van der Waals surface area contributed by atoms with E-state index in [4.69, 9.17) is 15.2 Å². The smallest absolute Gasteiger partial charge is 0.343 e. The van der Waals surface area contributed by atoms with Crippen molar-refractivity contribution in [1.82, 2.24) is 0 Å². The van der Waals surface area contributed by atoms with Crippen molar-refractivity contribution in [2.45, 2.75) is 6.92 Å². The van der Waals surface area contributed by atoms with Crippen molar-refractivity contribution in [3.05, 3.63) is 83.4 Å². The van der Waals surface area contributed by atoms with Gasteiger partial charge >= 0.3 is 11.9 Å². The molecule has 27 heavy (non-hydrogen) atoms. The van der Waals surface area contributed by atoms with Crippen molar-refractivity contribution in [2.24, 2.45) is 0 Å². The van der Waals surface area contributed by atoms with Gasteiger partial charge in [-0.05, 0) is 67.1 Å². The molecule has 0 spiro atoms. The SMILES string of the molecule is Bc1ccc(C(=O)Oc2ccc(OC(=O)c3ccc(N)cc3)cc2C)cc1. The Balaban J connectivity index is 1.69. The number of carbonyl (C=O) groups is 2. The molecule has 0 aliphatic rings.